The fourth-order valence-corrected chi connectivity index (χ4v) is 3.00. The Morgan fingerprint density at radius 3 is 2.48 bits per heavy atom. The lowest BCUT2D eigenvalue weighted by molar-refractivity contribution is -0.127. The van der Waals surface area contributed by atoms with Gasteiger partial charge in [0.1, 0.15) is 11.5 Å². The fraction of sp³-hybridized carbons (Fsp3) is 0.231. The van der Waals surface area contributed by atoms with E-state index in [1.807, 2.05) is 30.3 Å². The number of hydrogen-bond acceptors (Lipinski definition) is 6. The summed E-state index contributed by atoms with van der Waals surface area (Å²) in [6.07, 6.45) is 1.60. The molecule has 0 aliphatic carbocycles. The van der Waals surface area contributed by atoms with E-state index in [9.17, 15) is 4.79 Å². The molecule has 0 radical (unpaired) electrons. The van der Waals surface area contributed by atoms with Gasteiger partial charge in [0.25, 0.3) is 5.91 Å². The molecule has 0 spiro atoms. The number of hydrazone groups is 1. The summed E-state index contributed by atoms with van der Waals surface area (Å²) < 4.78 is 22.1. The molecule has 3 aromatic rings. The van der Waals surface area contributed by atoms with Crippen molar-refractivity contribution in [2.24, 2.45) is 5.10 Å². The topological polar surface area (TPSA) is 78.4 Å². The molecule has 0 saturated carbocycles. The minimum absolute atomic E-state index is 0.373. The first kappa shape index (κ1) is 23.7. The highest BCUT2D eigenvalue weighted by molar-refractivity contribution is 5.84. The van der Waals surface area contributed by atoms with Crippen LogP contribution in [-0.4, -0.2) is 39.1 Å². The highest BCUT2D eigenvalue weighted by atomic mass is 16.5. The average Bonchev–Trinajstić information content (AvgIpc) is 2.85. The molecule has 1 amide bonds. The molecule has 0 aliphatic rings. The van der Waals surface area contributed by atoms with E-state index in [4.69, 9.17) is 18.9 Å². The van der Waals surface area contributed by atoms with Crippen molar-refractivity contribution in [3.05, 3.63) is 83.9 Å². The number of rotatable bonds is 11. The van der Waals surface area contributed by atoms with Gasteiger partial charge in [-0.3, -0.25) is 4.79 Å². The monoisotopic (exact) mass is 448 g/mol. The van der Waals surface area contributed by atoms with E-state index in [1.165, 1.54) is 11.8 Å². The van der Waals surface area contributed by atoms with Crippen molar-refractivity contribution in [1.82, 2.24) is 5.43 Å². The van der Waals surface area contributed by atoms with Gasteiger partial charge in [0.05, 0.1) is 27.0 Å². The van der Waals surface area contributed by atoms with Crippen LogP contribution < -0.4 is 24.4 Å². The van der Waals surface area contributed by atoms with Gasteiger partial charge in [-0.25, -0.2) is 5.43 Å². The van der Waals surface area contributed by atoms with Crippen molar-refractivity contribution in [3.63, 3.8) is 0 Å². The van der Waals surface area contributed by atoms with Crippen LogP contribution in [0.4, 0.5) is 0 Å². The number of nitrogens with one attached hydrogen (secondary N) is 1. The third-order valence-corrected chi connectivity index (χ3v) is 4.79. The molecule has 1 atom stereocenters. The maximum atomic E-state index is 12.3. The van der Waals surface area contributed by atoms with E-state index in [1.54, 1.807) is 51.5 Å². The number of ether oxygens (including phenoxy) is 4. The number of carbonyl (C=O) groups excluding carboxylic acids is 1. The normalized spacial score (nSPS) is 11.6. The van der Waals surface area contributed by atoms with Gasteiger partial charge in [0.2, 0.25) is 0 Å². The molecular formula is C26H28N2O5. The predicted octanol–water partition coefficient (Wildman–Crippen LogP) is 4.24. The molecule has 0 fully saturated rings. The van der Waals surface area contributed by atoms with Crippen molar-refractivity contribution in [2.75, 3.05) is 20.8 Å². The molecule has 1 unspecified atom stereocenters. The van der Waals surface area contributed by atoms with E-state index in [0.717, 1.165) is 12.0 Å². The van der Waals surface area contributed by atoms with Crippen LogP contribution in [0.1, 0.15) is 18.1 Å². The average molecular weight is 449 g/mol. The van der Waals surface area contributed by atoms with Crippen LogP contribution in [0, 0.1) is 0 Å². The van der Waals surface area contributed by atoms with Crippen molar-refractivity contribution in [3.8, 4) is 23.0 Å². The summed E-state index contributed by atoms with van der Waals surface area (Å²) in [5.74, 6) is 2.05. The minimum Gasteiger partial charge on any atom is -0.497 e. The standard InChI is InChI=1S/C26H28N2O5/c1-19(33-23-11-7-10-22(17-23)30-2)26(29)28-27-18-21-12-13-24(25(16-21)31-3)32-15-14-20-8-5-4-6-9-20/h4-13,16-19H,14-15H2,1-3H3,(H,28,29)/b27-18+. The van der Waals surface area contributed by atoms with Crippen molar-refractivity contribution < 1.29 is 23.7 Å². The third kappa shape index (κ3) is 7.28. The van der Waals surface area contributed by atoms with E-state index in [0.29, 0.717) is 29.6 Å². The lowest BCUT2D eigenvalue weighted by Gasteiger charge is -2.13. The Morgan fingerprint density at radius 2 is 1.73 bits per heavy atom. The fourth-order valence-electron chi connectivity index (χ4n) is 3.00. The number of nitrogens with zero attached hydrogens (tertiary/aromatic N) is 1. The Labute approximate surface area is 193 Å². The lowest BCUT2D eigenvalue weighted by Crippen LogP contribution is -2.33. The molecule has 0 aromatic heterocycles. The molecular weight excluding hydrogens is 420 g/mol. The SMILES string of the molecule is COc1cccc(OC(C)C(=O)N/N=C/c2ccc(OCCc3ccccc3)c(OC)c2)c1. The van der Waals surface area contributed by atoms with E-state index < -0.39 is 6.10 Å². The van der Waals surface area contributed by atoms with Gasteiger partial charge in [-0.1, -0.05) is 36.4 Å². The molecule has 0 heterocycles. The van der Waals surface area contributed by atoms with E-state index >= 15 is 0 Å². The number of amides is 1. The molecule has 1 N–H and O–H groups in total. The highest BCUT2D eigenvalue weighted by Crippen LogP contribution is 2.27. The zero-order chi connectivity index (χ0) is 23.5. The molecule has 3 aromatic carbocycles. The van der Waals surface area contributed by atoms with Crippen LogP contribution in [-0.2, 0) is 11.2 Å². The van der Waals surface area contributed by atoms with Crippen molar-refractivity contribution in [2.45, 2.75) is 19.4 Å². The van der Waals surface area contributed by atoms with Gasteiger partial charge in [-0.2, -0.15) is 5.10 Å². The molecule has 0 saturated heterocycles. The second kappa shape index (κ2) is 12.1. The van der Waals surface area contributed by atoms with Gasteiger partial charge in [-0.05, 0) is 48.4 Å². The first-order valence-corrected chi connectivity index (χ1v) is 10.6. The third-order valence-electron chi connectivity index (χ3n) is 4.79. The van der Waals surface area contributed by atoms with Gasteiger partial charge >= 0.3 is 0 Å². The summed E-state index contributed by atoms with van der Waals surface area (Å²) in [6.45, 7) is 2.18. The number of benzene rings is 3. The van der Waals surface area contributed by atoms with Crippen molar-refractivity contribution >= 4 is 12.1 Å². The molecule has 0 bridgehead atoms. The minimum atomic E-state index is -0.732. The predicted molar refractivity (Wildman–Crippen MR) is 127 cm³/mol. The van der Waals surface area contributed by atoms with Gasteiger partial charge in [0.15, 0.2) is 17.6 Å². The first-order valence-electron chi connectivity index (χ1n) is 10.6. The highest BCUT2D eigenvalue weighted by Gasteiger charge is 2.14. The Hall–Kier alpha value is -4.00. The number of methoxy groups -OCH3 is 2. The van der Waals surface area contributed by atoms with Crippen molar-refractivity contribution in [1.29, 1.82) is 0 Å². The second-order valence-electron chi connectivity index (χ2n) is 7.17. The summed E-state index contributed by atoms with van der Waals surface area (Å²) in [5.41, 5.74) is 4.45. The van der Waals surface area contributed by atoms with E-state index in [2.05, 4.69) is 22.7 Å². The van der Waals surface area contributed by atoms with Crippen LogP contribution >= 0.6 is 0 Å². The molecule has 172 valence electrons. The maximum Gasteiger partial charge on any atom is 0.280 e. The summed E-state index contributed by atoms with van der Waals surface area (Å²) in [7, 11) is 3.15. The van der Waals surface area contributed by atoms with Gasteiger partial charge in [0, 0.05) is 12.5 Å². The molecule has 7 nitrogen and oxygen atoms in total. The lowest BCUT2D eigenvalue weighted by atomic mass is 10.2. The smallest absolute Gasteiger partial charge is 0.280 e. The Balaban J connectivity index is 1.51. The largest absolute Gasteiger partial charge is 0.497 e. The molecule has 0 aliphatic heterocycles. The van der Waals surface area contributed by atoms with E-state index in [-0.39, 0.29) is 5.91 Å². The first-order chi connectivity index (χ1) is 16.1. The van der Waals surface area contributed by atoms with Crippen LogP contribution in [0.3, 0.4) is 0 Å². The van der Waals surface area contributed by atoms with Gasteiger partial charge in [-0.15, -0.1) is 0 Å². The quantitative estimate of drug-likeness (QED) is 0.351. The van der Waals surface area contributed by atoms with Crippen LogP contribution in [0.5, 0.6) is 23.0 Å². The second-order valence-corrected chi connectivity index (χ2v) is 7.17. The Morgan fingerprint density at radius 1 is 0.939 bits per heavy atom. The van der Waals surface area contributed by atoms with Crippen LogP contribution in [0.25, 0.3) is 0 Å². The summed E-state index contributed by atoms with van der Waals surface area (Å²) >= 11 is 0. The zero-order valence-electron chi connectivity index (χ0n) is 19.0. The van der Waals surface area contributed by atoms with Crippen LogP contribution in [0.15, 0.2) is 77.9 Å². The maximum absolute atomic E-state index is 12.3. The van der Waals surface area contributed by atoms with Crippen LogP contribution in [0.2, 0.25) is 0 Å². The molecule has 3 rings (SSSR count). The van der Waals surface area contributed by atoms with Gasteiger partial charge < -0.3 is 18.9 Å². The summed E-state index contributed by atoms with van der Waals surface area (Å²) in [6, 6.07) is 22.7. The summed E-state index contributed by atoms with van der Waals surface area (Å²) in [5, 5.41) is 4.02. The number of hydrogen-bond donors (Lipinski definition) is 1. The Kier molecular flexibility index (Phi) is 8.71. The Bertz CT molecular complexity index is 1070. The summed E-state index contributed by atoms with van der Waals surface area (Å²) in [4.78, 5) is 12.3. The zero-order valence-corrected chi connectivity index (χ0v) is 19.0. The number of carbonyl (C=O) groups is 1. The molecule has 33 heavy (non-hydrogen) atoms. The molecule has 7 heteroatoms.